The second kappa shape index (κ2) is 6.50. The van der Waals surface area contributed by atoms with Gasteiger partial charge in [-0.2, -0.15) is 0 Å². The molecule has 122 valence electrons. The first-order chi connectivity index (χ1) is 11.4. The molecule has 1 amide bonds. The summed E-state index contributed by atoms with van der Waals surface area (Å²) in [5.74, 6) is -1.37. The molecule has 24 heavy (non-hydrogen) atoms. The maximum atomic E-state index is 12.8. The van der Waals surface area contributed by atoms with Crippen LogP contribution in [0.2, 0.25) is 0 Å². The summed E-state index contributed by atoms with van der Waals surface area (Å²) in [6, 6.07) is 11.7. The van der Waals surface area contributed by atoms with E-state index in [4.69, 9.17) is 0 Å². The largest absolute Gasteiger partial charge is 0.269 e. The molecule has 1 N–H and O–H groups in total. The normalized spacial score (nSPS) is 11.9. The number of sulfonamides is 1. The number of amides is 1. The Morgan fingerprint density at radius 3 is 2.54 bits per heavy atom. The molecule has 1 heterocycles. The van der Waals surface area contributed by atoms with Gasteiger partial charge in [0.15, 0.2) is 0 Å². The van der Waals surface area contributed by atoms with E-state index in [0.29, 0.717) is 5.01 Å². The van der Waals surface area contributed by atoms with Crippen LogP contribution in [0.5, 0.6) is 0 Å². The van der Waals surface area contributed by atoms with Gasteiger partial charge in [-0.25, -0.2) is 22.5 Å². The lowest BCUT2D eigenvalue weighted by molar-refractivity contribution is -0.114. The van der Waals surface area contributed by atoms with Gasteiger partial charge in [0.2, 0.25) is 0 Å². The molecule has 0 saturated carbocycles. The number of halogens is 1. The van der Waals surface area contributed by atoms with Crippen LogP contribution < -0.4 is 4.72 Å². The van der Waals surface area contributed by atoms with Crippen molar-refractivity contribution in [2.75, 3.05) is 0 Å². The number of carbonyl (C=O) groups is 1. The molecule has 2 aromatic carbocycles. The number of hydrogen-bond acceptors (Lipinski definition) is 5. The molecule has 0 atom stereocenters. The van der Waals surface area contributed by atoms with E-state index < -0.39 is 21.7 Å². The summed E-state index contributed by atoms with van der Waals surface area (Å²) in [5.41, 5.74) is 0.807. The molecule has 0 saturated heterocycles. The second-order valence-corrected chi connectivity index (χ2v) is 7.52. The van der Waals surface area contributed by atoms with Crippen LogP contribution in [-0.2, 0) is 14.8 Å². The Bertz CT molecular complexity index is 992. The molecule has 3 aromatic rings. The number of fused-ring (bicyclic) bond motifs is 1. The topological polar surface area (TPSA) is 76.1 Å². The highest BCUT2D eigenvalue weighted by atomic mass is 32.2. The predicted molar refractivity (Wildman–Crippen MR) is 90.4 cm³/mol. The summed E-state index contributed by atoms with van der Waals surface area (Å²) in [6.45, 7) is 0. The van der Waals surface area contributed by atoms with E-state index in [1.807, 2.05) is 29.0 Å². The Morgan fingerprint density at radius 1 is 1.12 bits per heavy atom. The van der Waals surface area contributed by atoms with Crippen LogP contribution >= 0.6 is 11.3 Å². The van der Waals surface area contributed by atoms with Crippen molar-refractivity contribution in [2.24, 2.45) is 0 Å². The second-order valence-electron chi connectivity index (χ2n) is 4.78. The van der Waals surface area contributed by atoms with Gasteiger partial charge in [0.1, 0.15) is 10.8 Å². The van der Waals surface area contributed by atoms with Crippen molar-refractivity contribution in [1.82, 2.24) is 9.71 Å². The van der Waals surface area contributed by atoms with Gasteiger partial charge < -0.3 is 0 Å². The Labute approximate surface area is 141 Å². The third kappa shape index (κ3) is 3.66. The van der Waals surface area contributed by atoms with E-state index in [2.05, 4.69) is 4.98 Å². The molecule has 3 rings (SSSR count). The number of carbonyl (C=O) groups excluding carboxylic acids is 1. The molecule has 1 aromatic heterocycles. The molecule has 0 aliphatic carbocycles. The van der Waals surface area contributed by atoms with Crippen molar-refractivity contribution in [3.05, 3.63) is 65.4 Å². The van der Waals surface area contributed by atoms with Crippen LogP contribution in [0.25, 0.3) is 16.3 Å². The minimum absolute atomic E-state index is 0.189. The van der Waals surface area contributed by atoms with Crippen molar-refractivity contribution in [3.63, 3.8) is 0 Å². The SMILES string of the molecule is O=C(C=Cc1nc2ccccc2s1)NS(=O)(=O)c1ccc(F)cc1. The summed E-state index contributed by atoms with van der Waals surface area (Å²) >= 11 is 1.39. The summed E-state index contributed by atoms with van der Waals surface area (Å²) in [5, 5.41) is 0.588. The van der Waals surface area contributed by atoms with E-state index in [0.717, 1.165) is 40.6 Å². The van der Waals surface area contributed by atoms with Crippen molar-refractivity contribution in [1.29, 1.82) is 0 Å². The van der Waals surface area contributed by atoms with Crippen molar-refractivity contribution in [2.45, 2.75) is 4.90 Å². The van der Waals surface area contributed by atoms with Crippen molar-refractivity contribution >= 4 is 43.6 Å². The van der Waals surface area contributed by atoms with Gasteiger partial charge in [0, 0.05) is 6.08 Å². The summed E-state index contributed by atoms with van der Waals surface area (Å²) in [7, 11) is -4.04. The number of nitrogens with zero attached hydrogens (tertiary/aromatic N) is 1. The van der Waals surface area contributed by atoms with Crippen LogP contribution in [-0.4, -0.2) is 19.3 Å². The van der Waals surface area contributed by atoms with Crippen molar-refractivity contribution < 1.29 is 17.6 Å². The minimum Gasteiger partial charge on any atom is -0.269 e. The first kappa shape index (κ1) is 16.3. The fourth-order valence-corrected chi connectivity index (χ4v) is 3.76. The van der Waals surface area contributed by atoms with Gasteiger partial charge >= 0.3 is 0 Å². The van der Waals surface area contributed by atoms with E-state index in [1.54, 1.807) is 0 Å². The van der Waals surface area contributed by atoms with E-state index >= 15 is 0 Å². The highest BCUT2D eigenvalue weighted by Gasteiger charge is 2.16. The fraction of sp³-hybridized carbons (Fsp3) is 0. The van der Waals surface area contributed by atoms with Gasteiger partial charge in [-0.3, -0.25) is 4.79 Å². The molecule has 5 nitrogen and oxygen atoms in total. The maximum Gasteiger partial charge on any atom is 0.264 e. The smallest absolute Gasteiger partial charge is 0.264 e. The van der Waals surface area contributed by atoms with Gasteiger partial charge in [-0.05, 0) is 42.5 Å². The molecule has 0 fully saturated rings. The fourth-order valence-electron chi connectivity index (χ4n) is 1.95. The zero-order valence-electron chi connectivity index (χ0n) is 12.1. The van der Waals surface area contributed by atoms with Crippen LogP contribution in [0.3, 0.4) is 0 Å². The highest BCUT2D eigenvalue weighted by molar-refractivity contribution is 7.90. The quantitative estimate of drug-likeness (QED) is 0.724. The Balaban J connectivity index is 1.73. The summed E-state index contributed by atoms with van der Waals surface area (Å²) in [6.07, 6.45) is 2.54. The number of nitrogens with one attached hydrogen (secondary N) is 1. The van der Waals surface area contributed by atoms with E-state index in [-0.39, 0.29) is 4.90 Å². The predicted octanol–water partition coefficient (Wildman–Crippen LogP) is 2.95. The van der Waals surface area contributed by atoms with Crippen molar-refractivity contribution in [3.8, 4) is 0 Å². The summed E-state index contributed by atoms with van der Waals surface area (Å²) < 4.78 is 39.7. The highest BCUT2D eigenvalue weighted by Crippen LogP contribution is 2.22. The average molecular weight is 362 g/mol. The molecule has 0 aliphatic rings. The number of para-hydroxylation sites is 1. The maximum absolute atomic E-state index is 12.8. The number of aromatic nitrogens is 1. The van der Waals surface area contributed by atoms with Crippen LogP contribution in [0.4, 0.5) is 4.39 Å². The molecule has 0 spiro atoms. The van der Waals surface area contributed by atoms with Crippen LogP contribution in [0.15, 0.2) is 59.5 Å². The van der Waals surface area contributed by atoms with Gasteiger partial charge in [-0.15, -0.1) is 11.3 Å². The standard InChI is InChI=1S/C16H11FN2O3S2/c17-11-5-7-12(8-6-11)24(21,22)19-15(20)9-10-16-18-13-3-1-2-4-14(13)23-16/h1-10H,(H,19,20). The van der Waals surface area contributed by atoms with Gasteiger partial charge in [-0.1, -0.05) is 12.1 Å². The zero-order valence-corrected chi connectivity index (χ0v) is 13.8. The van der Waals surface area contributed by atoms with E-state index in [1.165, 1.54) is 17.4 Å². The molecule has 0 aliphatic heterocycles. The molecule has 0 radical (unpaired) electrons. The van der Waals surface area contributed by atoms with Gasteiger partial charge in [0.25, 0.3) is 15.9 Å². The number of benzene rings is 2. The Hall–Kier alpha value is -2.58. The van der Waals surface area contributed by atoms with Gasteiger partial charge in [0.05, 0.1) is 15.1 Å². The number of hydrogen-bond donors (Lipinski definition) is 1. The number of thiazole rings is 1. The van der Waals surface area contributed by atoms with Crippen LogP contribution in [0, 0.1) is 5.82 Å². The Kier molecular flexibility index (Phi) is 4.41. The molecular weight excluding hydrogens is 351 g/mol. The molecule has 0 bridgehead atoms. The first-order valence-corrected chi connectivity index (χ1v) is 9.10. The average Bonchev–Trinajstić information content (AvgIpc) is 2.96. The number of rotatable bonds is 4. The lowest BCUT2D eigenvalue weighted by Gasteiger charge is -2.04. The third-order valence-corrected chi connectivity index (χ3v) is 5.41. The molecular formula is C16H11FN2O3S2. The molecule has 8 heteroatoms. The minimum atomic E-state index is -4.04. The first-order valence-electron chi connectivity index (χ1n) is 6.80. The zero-order chi connectivity index (χ0) is 17.2. The lowest BCUT2D eigenvalue weighted by Crippen LogP contribution is -2.28. The third-order valence-electron chi connectivity index (χ3n) is 3.05. The van der Waals surface area contributed by atoms with E-state index in [9.17, 15) is 17.6 Å². The monoisotopic (exact) mass is 362 g/mol. The summed E-state index contributed by atoms with van der Waals surface area (Å²) in [4.78, 5) is 15.9. The molecule has 0 unspecified atom stereocenters. The Morgan fingerprint density at radius 2 is 1.83 bits per heavy atom. The lowest BCUT2D eigenvalue weighted by atomic mass is 10.3. The van der Waals surface area contributed by atoms with Crippen LogP contribution in [0.1, 0.15) is 5.01 Å².